The number of carbonyl (C=O) groups is 1. The van der Waals surface area contributed by atoms with Crippen LogP contribution in [0.5, 0.6) is 0 Å². The predicted octanol–water partition coefficient (Wildman–Crippen LogP) is 3.20. The number of hydrogen-bond acceptors (Lipinski definition) is 3. The number of hydrogen-bond donors (Lipinski definition) is 1. The highest BCUT2D eigenvalue weighted by molar-refractivity contribution is 9.09. The van der Waals surface area contributed by atoms with E-state index in [0.29, 0.717) is 5.33 Å². The summed E-state index contributed by atoms with van der Waals surface area (Å²) in [6, 6.07) is -0.484. The third kappa shape index (κ3) is 10.6. The Kier molecular flexibility index (Phi) is 6.98. The normalized spacial score (nSPS) is 14.2. The zero-order valence-electron chi connectivity index (χ0n) is 10.4. The van der Waals surface area contributed by atoms with E-state index in [0.717, 1.165) is 0 Å². The van der Waals surface area contributed by atoms with Crippen LogP contribution in [-0.4, -0.2) is 36.0 Å². The van der Waals surface area contributed by atoms with Crippen LogP contribution < -0.4 is 5.32 Å². The Morgan fingerprint density at radius 2 is 1.89 bits per heavy atom. The number of nitrogens with one attached hydrogen (secondary N) is 1. The summed E-state index contributed by atoms with van der Waals surface area (Å²) in [7, 11) is 0. The van der Waals surface area contributed by atoms with Gasteiger partial charge in [0.1, 0.15) is 5.60 Å². The van der Waals surface area contributed by atoms with E-state index in [1.807, 2.05) is 0 Å². The fraction of sp³-hybridized carbons (Fsp3) is 0.900. The van der Waals surface area contributed by atoms with Crippen molar-refractivity contribution in [1.82, 2.24) is 5.32 Å². The number of halogens is 4. The van der Waals surface area contributed by atoms with E-state index in [-0.39, 0.29) is 6.42 Å². The maximum absolute atomic E-state index is 11.7. The van der Waals surface area contributed by atoms with Crippen molar-refractivity contribution in [2.24, 2.45) is 0 Å². The topological polar surface area (TPSA) is 47.6 Å². The molecule has 0 aliphatic heterocycles. The first kappa shape index (κ1) is 17.5. The summed E-state index contributed by atoms with van der Waals surface area (Å²) in [6.45, 7) is 4.57. The third-order valence-corrected chi connectivity index (χ3v) is 2.42. The Balaban J connectivity index is 4.00. The van der Waals surface area contributed by atoms with Gasteiger partial charge >= 0.3 is 12.5 Å². The van der Waals surface area contributed by atoms with Crippen LogP contribution in [0.1, 0.15) is 27.2 Å². The molecule has 0 aliphatic carbocycles. The maximum Gasteiger partial charge on any atom is 0.522 e. The van der Waals surface area contributed by atoms with Crippen molar-refractivity contribution in [3.63, 3.8) is 0 Å². The average Bonchev–Trinajstić information content (AvgIpc) is 2.11. The molecule has 1 atom stereocenters. The first-order chi connectivity index (χ1) is 8.03. The highest BCUT2D eigenvalue weighted by Gasteiger charge is 2.29. The molecule has 0 aromatic rings. The van der Waals surface area contributed by atoms with Crippen LogP contribution in [0, 0.1) is 0 Å². The van der Waals surface area contributed by atoms with Gasteiger partial charge in [-0.15, -0.1) is 13.2 Å². The molecule has 0 saturated carbocycles. The summed E-state index contributed by atoms with van der Waals surface area (Å²) in [5.41, 5.74) is -0.649. The van der Waals surface area contributed by atoms with Crippen molar-refractivity contribution in [1.29, 1.82) is 0 Å². The fourth-order valence-corrected chi connectivity index (χ4v) is 1.46. The van der Waals surface area contributed by atoms with E-state index < -0.39 is 30.7 Å². The molecular weight excluding hydrogens is 319 g/mol. The molecule has 0 aromatic carbocycles. The molecule has 8 heteroatoms. The summed E-state index contributed by atoms with van der Waals surface area (Å²) in [6.07, 6.45) is -5.29. The molecule has 0 unspecified atom stereocenters. The summed E-state index contributed by atoms with van der Waals surface area (Å²) in [4.78, 5) is 11.4. The lowest BCUT2D eigenvalue weighted by molar-refractivity contribution is -0.324. The average molecular weight is 336 g/mol. The third-order valence-electron chi connectivity index (χ3n) is 1.64. The molecule has 0 aliphatic rings. The van der Waals surface area contributed by atoms with Gasteiger partial charge in [0.25, 0.3) is 0 Å². The molecule has 0 bridgehead atoms. The number of carbonyl (C=O) groups excluding carboxylic acids is 1. The van der Waals surface area contributed by atoms with Gasteiger partial charge in [-0.25, -0.2) is 4.79 Å². The lowest BCUT2D eigenvalue weighted by atomic mass is 10.2. The monoisotopic (exact) mass is 335 g/mol. The molecule has 0 fully saturated rings. The molecule has 108 valence electrons. The minimum Gasteiger partial charge on any atom is -0.444 e. The number of amides is 1. The molecule has 0 radical (unpaired) electrons. The quantitative estimate of drug-likeness (QED) is 0.785. The molecule has 4 nitrogen and oxygen atoms in total. The van der Waals surface area contributed by atoms with Gasteiger partial charge in [0, 0.05) is 11.4 Å². The fourth-order valence-electron chi connectivity index (χ4n) is 0.979. The standard InChI is InChI=1S/C10H17BrF3NO3/c1-9(2,3)18-8(16)15-7(6-11)4-5-17-10(12,13)14/h7H,4-6H2,1-3H3,(H,15,16)/t7-/m0/s1. The minimum atomic E-state index is -4.65. The van der Waals surface area contributed by atoms with E-state index in [4.69, 9.17) is 4.74 Å². The van der Waals surface area contributed by atoms with Crippen molar-refractivity contribution in [3.8, 4) is 0 Å². The maximum atomic E-state index is 11.7. The summed E-state index contributed by atoms with van der Waals surface area (Å²) >= 11 is 3.10. The molecule has 0 heterocycles. The number of alkyl carbamates (subject to hydrolysis) is 1. The summed E-state index contributed by atoms with van der Waals surface area (Å²) in [5.74, 6) is 0. The first-order valence-corrected chi connectivity index (χ1v) is 6.42. The van der Waals surface area contributed by atoms with Gasteiger partial charge < -0.3 is 10.1 Å². The van der Waals surface area contributed by atoms with Crippen molar-refractivity contribution in [2.45, 2.75) is 45.2 Å². The van der Waals surface area contributed by atoms with Crippen LogP contribution in [0.4, 0.5) is 18.0 Å². The zero-order valence-corrected chi connectivity index (χ0v) is 12.0. The number of alkyl halides is 4. The van der Waals surface area contributed by atoms with Crippen molar-refractivity contribution in [2.75, 3.05) is 11.9 Å². The largest absolute Gasteiger partial charge is 0.522 e. The van der Waals surface area contributed by atoms with E-state index in [2.05, 4.69) is 26.0 Å². The minimum absolute atomic E-state index is 0.0317. The molecular formula is C10H17BrF3NO3. The summed E-state index contributed by atoms with van der Waals surface area (Å²) < 4.78 is 43.9. The molecule has 0 spiro atoms. The van der Waals surface area contributed by atoms with Gasteiger partial charge in [-0.05, 0) is 27.2 Å². The second-order valence-corrected chi connectivity index (χ2v) is 5.23. The molecule has 18 heavy (non-hydrogen) atoms. The molecule has 0 aromatic heterocycles. The Hall–Kier alpha value is -0.500. The molecule has 1 amide bonds. The lowest BCUT2D eigenvalue weighted by Gasteiger charge is -2.22. The number of rotatable bonds is 5. The highest BCUT2D eigenvalue weighted by Crippen LogP contribution is 2.16. The van der Waals surface area contributed by atoms with Gasteiger partial charge in [-0.2, -0.15) is 0 Å². The first-order valence-electron chi connectivity index (χ1n) is 5.29. The van der Waals surface area contributed by atoms with Crippen LogP contribution in [-0.2, 0) is 9.47 Å². The molecule has 0 rings (SSSR count). The van der Waals surface area contributed by atoms with Crippen LogP contribution in [0.2, 0.25) is 0 Å². The van der Waals surface area contributed by atoms with Crippen LogP contribution in [0.25, 0.3) is 0 Å². The van der Waals surface area contributed by atoms with E-state index in [1.165, 1.54) is 0 Å². The Morgan fingerprint density at radius 3 is 2.28 bits per heavy atom. The predicted molar refractivity (Wildman–Crippen MR) is 63.6 cm³/mol. The second-order valence-electron chi connectivity index (χ2n) is 4.58. The van der Waals surface area contributed by atoms with E-state index in [9.17, 15) is 18.0 Å². The summed E-state index contributed by atoms with van der Waals surface area (Å²) in [5, 5.41) is 2.77. The SMILES string of the molecule is CC(C)(C)OC(=O)N[C@H](CBr)CCOC(F)(F)F. The van der Waals surface area contributed by atoms with E-state index in [1.54, 1.807) is 20.8 Å². The van der Waals surface area contributed by atoms with Gasteiger partial charge in [0.15, 0.2) is 0 Å². The lowest BCUT2D eigenvalue weighted by Crippen LogP contribution is -2.40. The van der Waals surface area contributed by atoms with Crippen molar-refractivity contribution in [3.05, 3.63) is 0 Å². The van der Waals surface area contributed by atoms with Crippen molar-refractivity contribution < 1.29 is 27.4 Å². The highest BCUT2D eigenvalue weighted by atomic mass is 79.9. The van der Waals surface area contributed by atoms with Crippen LogP contribution in [0.3, 0.4) is 0 Å². The number of ether oxygens (including phenoxy) is 2. The zero-order chi connectivity index (χ0) is 14.4. The van der Waals surface area contributed by atoms with Crippen LogP contribution >= 0.6 is 15.9 Å². The van der Waals surface area contributed by atoms with Gasteiger partial charge in [-0.3, -0.25) is 4.74 Å². The second kappa shape index (κ2) is 7.18. The van der Waals surface area contributed by atoms with E-state index >= 15 is 0 Å². The molecule has 0 saturated heterocycles. The van der Waals surface area contributed by atoms with Gasteiger partial charge in [0.2, 0.25) is 0 Å². The Morgan fingerprint density at radius 1 is 1.33 bits per heavy atom. The van der Waals surface area contributed by atoms with Crippen LogP contribution in [0.15, 0.2) is 0 Å². The van der Waals surface area contributed by atoms with Gasteiger partial charge in [-0.1, -0.05) is 15.9 Å². The Labute approximate surface area is 112 Å². The Bertz CT molecular complexity index is 266. The smallest absolute Gasteiger partial charge is 0.444 e. The van der Waals surface area contributed by atoms with Gasteiger partial charge in [0.05, 0.1) is 6.61 Å². The molecule has 1 N–H and O–H groups in total. The van der Waals surface area contributed by atoms with Crippen molar-refractivity contribution >= 4 is 22.0 Å².